The van der Waals surface area contributed by atoms with Gasteiger partial charge in [0.05, 0.1) is 10.9 Å². The molecule has 0 aromatic carbocycles. The molecule has 1 aliphatic carbocycles. The van der Waals surface area contributed by atoms with Crippen LogP contribution < -0.4 is 5.32 Å². The van der Waals surface area contributed by atoms with Gasteiger partial charge in [-0.2, -0.15) is 0 Å². The van der Waals surface area contributed by atoms with Crippen LogP contribution in [0.15, 0.2) is 30.6 Å². The van der Waals surface area contributed by atoms with Gasteiger partial charge in [0.1, 0.15) is 0 Å². The summed E-state index contributed by atoms with van der Waals surface area (Å²) in [5.41, 5.74) is 2.79. The van der Waals surface area contributed by atoms with Gasteiger partial charge in [-0.15, -0.1) is 11.3 Å². The summed E-state index contributed by atoms with van der Waals surface area (Å²) >= 11 is 1.67. The molecule has 1 amide bonds. The largest absolute Gasteiger partial charge is 0.345 e. The zero-order valence-electron chi connectivity index (χ0n) is 14.9. The first kappa shape index (κ1) is 17.2. The number of fused-ring (bicyclic) bond motifs is 1. The lowest BCUT2D eigenvalue weighted by molar-refractivity contribution is 0.0944. The standard InChI is InChI=1S/C20H26N2OS/c1-13(14-7-9-21-10-8-14)22-19(23)18-12-15-11-16(20(2,3)4)5-6-17(15)24-18/h7-10,12-13,16H,5-6,11H2,1-4H3,(H,22,23). The van der Waals surface area contributed by atoms with E-state index in [1.165, 1.54) is 16.9 Å². The Hall–Kier alpha value is -1.68. The molecule has 3 nitrogen and oxygen atoms in total. The highest BCUT2D eigenvalue weighted by Crippen LogP contribution is 2.40. The molecule has 0 bridgehead atoms. The lowest BCUT2D eigenvalue weighted by Crippen LogP contribution is -2.26. The number of nitrogens with one attached hydrogen (secondary N) is 1. The number of thiophene rings is 1. The van der Waals surface area contributed by atoms with Crippen molar-refractivity contribution in [1.82, 2.24) is 10.3 Å². The molecule has 0 aliphatic heterocycles. The van der Waals surface area contributed by atoms with Gasteiger partial charge in [-0.1, -0.05) is 20.8 Å². The summed E-state index contributed by atoms with van der Waals surface area (Å²) in [6.45, 7) is 8.97. The first-order chi connectivity index (χ1) is 11.3. The number of aryl methyl sites for hydroxylation is 1. The highest BCUT2D eigenvalue weighted by atomic mass is 32.1. The van der Waals surface area contributed by atoms with Crippen LogP contribution in [-0.4, -0.2) is 10.9 Å². The molecule has 0 radical (unpaired) electrons. The molecule has 2 heterocycles. The number of carbonyl (C=O) groups is 1. The Morgan fingerprint density at radius 1 is 1.33 bits per heavy atom. The maximum Gasteiger partial charge on any atom is 0.261 e. The van der Waals surface area contributed by atoms with Crippen molar-refractivity contribution in [3.63, 3.8) is 0 Å². The van der Waals surface area contributed by atoms with Crippen molar-refractivity contribution in [3.05, 3.63) is 51.5 Å². The zero-order chi connectivity index (χ0) is 17.3. The predicted octanol–water partition coefficient (Wildman–Crippen LogP) is 4.79. The Kier molecular flexibility index (Phi) is 4.77. The van der Waals surface area contributed by atoms with E-state index in [-0.39, 0.29) is 11.9 Å². The third-order valence-corrected chi connectivity index (χ3v) is 6.32. The second kappa shape index (κ2) is 6.67. The van der Waals surface area contributed by atoms with Crippen molar-refractivity contribution in [2.75, 3.05) is 0 Å². The summed E-state index contributed by atoms with van der Waals surface area (Å²) in [5, 5.41) is 3.11. The van der Waals surface area contributed by atoms with Gasteiger partial charge in [0.15, 0.2) is 0 Å². The van der Waals surface area contributed by atoms with Gasteiger partial charge < -0.3 is 5.32 Å². The molecule has 2 atom stereocenters. The van der Waals surface area contributed by atoms with E-state index >= 15 is 0 Å². The molecule has 128 valence electrons. The smallest absolute Gasteiger partial charge is 0.261 e. The molecule has 3 rings (SSSR count). The van der Waals surface area contributed by atoms with Crippen molar-refractivity contribution in [3.8, 4) is 0 Å². The Balaban J connectivity index is 1.70. The van der Waals surface area contributed by atoms with E-state index in [0.29, 0.717) is 11.3 Å². The van der Waals surface area contributed by atoms with Crippen LogP contribution in [0.25, 0.3) is 0 Å². The third kappa shape index (κ3) is 3.69. The fourth-order valence-electron chi connectivity index (χ4n) is 3.38. The first-order valence-electron chi connectivity index (χ1n) is 8.67. The lowest BCUT2D eigenvalue weighted by atomic mass is 9.72. The van der Waals surface area contributed by atoms with Crippen molar-refractivity contribution in [2.45, 2.75) is 53.0 Å². The van der Waals surface area contributed by atoms with Crippen molar-refractivity contribution in [1.29, 1.82) is 0 Å². The van der Waals surface area contributed by atoms with E-state index in [0.717, 1.165) is 23.3 Å². The van der Waals surface area contributed by atoms with E-state index in [1.54, 1.807) is 23.7 Å². The van der Waals surface area contributed by atoms with Gasteiger partial charge in [0.25, 0.3) is 5.91 Å². The molecule has 1 N–H and O–H groups in total. The molecule has 0 saturated heterocycles. The van der Waals surface area contributed by atoms with Crippen LogP contribution in [-0.2, 0) is 12.8 Å². The molecular formula is C20H26N2OS. The molecule has 0 saturated carbocycles. The Bertz CT molecular complexity index is 715. The van der Waals surface area contributed by atoms with E-state index in [4.69, 9.17) is 0 Å². The van der Waals surface area contributed by atoms with Gasteiger partial charge in [0, 0.05) is 17.3 Å². The summed E-state index contributed by atoms with van der Waals surface area (Å²) in [5.74, 6) is 0.734. The maximum atomic E-state index is 12.6. The second-order valence-electron chi connectivity index (χ2n) is 7.84. The topological polar surface area (TPSA) is 42.0 Å². The van der Waals surface area contributed by atoms with E-state index in [2.05, 4.69) is 37.1 Å². The van der Waals surface area contributed by atoms with E-state index in [9.17, 15) is 4.79 Å². The molecule has 0 fully saturated rings. The summed E-state index contributed by atoms with van der Waals surface area (Å²) in [4.78, 5) is 18.9. The quantitative estimate of drug-likeness (QED) is 0.872. The normalized spacial score (nSPS) is 18.8. The molecule has 24 heavy (non-hydrogen) atoms. The molecule has 4 heteroatoms. The van der Waals surface area contributed by atoms with Crippen LogP contribution in [0.1, 0.15) is 65.8 Å². The number of hydrogen-bond donors (Lipinski definition) is 1. The fourth-order valence-corrected chi connectivity index (χ4v) is 4.49. The first-order valence-corrected chi connectivity index (χ1v) is 9.48. The summed E-state index contributed by atoms with van der Waals surface area (Å²) in [6, 6.07) is 5.99. The predicted molar refractivity (Wildman–Crippen MR) is 99.4 cm³/mol. The minimum atomic E-state index is -0.0121. The number of nitrogens with zero attached hydrogens (tertiary/aromatic N) is 1. The minimum absolute atomic E-state index is 0.0121. The van der Waals surface area contributed by atoms with E-state index in [1.807, 2.05) is 19.1 Å². The number of aromatic nitrogens is 1. The van der Waals surface area contributed by atoms with Gasteiger partial charge >= 0.3 is 0 Å². The van der Waals surface area contributed by atoms with Crippen LogP contribution in [0.3, 0.4) is 0 Å². The number of pyridine rings is 1. The molecule has 2 aromatic rings. The summed E-state index contributed by atoms with van der Waals surface area (Å²) in [6.07, 6.45) is 6.95. The molecule has 2 unspecified atom stereocenters. The summed E-state index contributed by atoms with van der Waals surface area (Å²) < 4.78 is 0. The van der Waals surface area contributed by atoms with Gasteiger partial charge in [-0.05, 0) is 66.8 Å². The maximum absolute atomic E-state index is 12.6. The van der Waals surface area contributed by atoms with Gasteiger partial charge in [-0.3, -0.25) is 9.78 Å². The van der Waals surface area contributed by atoms with Crippen LogP contribution in [0.5, 0.6) is 0 Å². The van der Waals surface area contributed by atoms with Gasteiger partial charge in [0.2, 0.25) is 0 Å². The lowest BCUT2D eigenvalue weighted by Gasteiger charge is -2.33. The third-order valence-electron chi connectivity index (χ3n) is 5.09. The Morgan fingerprint density at radius 2 is 2.04 bits per heavy atom. The molecular weight excluding hydrogens is 316 g/mol. The fraction of sp³-hybridized carbons (Fsp3) is 0.500. The van der Waals surface area contributed by atoms with Crippen LogP contribution in [0.4, 0.5) is 0 Å². The monoisotopic (exact) mass is 342 g/mol. The van der Waals surface area contributed by atoms with Crippen molar-refractivity contribution < 1.29 is 4.79 Å². The van der Waals surface area contributed by atoms with Crippen LogP contribution in [0.2, 0.25) is 0 Å². The van der Waals surface area contributed by atoms with E-state index < -0.39 is 0 Å². The average molecular weight is 343 g/mol. The number of rotatable bonds is 3. The minimum Gasteiger partial charge on any atom is -0.345 e. The number of carbonyl (C=O) groups excluding carboxylic acids is 1. The Labute approximate surface area is 148 Å². The second-order valence-corrected chi connectivity index (χ2v) is 8.98. The van der Waals surface area contributed by atoms with Crippen LogP contribution in [0, 0.1) is 11.3 Å². The van der Waals surface area contributed by atoms with Crippen LogP contribution >= 0.6 is 11.3 Å². The van der Waals surface area contributed by atoms with Crippen molar-refractivity contribution >= 4 is 17.2 Å². The van der Waals surface area contributed by atoms with Gasteiger partial charge in [-0.25, -0.2) is 0 Å². The molecule has 0 spiro atoms. The number of hydrogen-bond acceptors (Lipinski definition) is 3. The van der Waals surface area contributed by atoms with Crippen molar-refractivity contribution in [2.24, 2.45) is 11.3 Å². The highest BCUT2D eigenvalue weighted by Gasteiger charge is 2.30. The SMILES string of the molecule is CC(NC(=O)c1cc2c(s1)CCC(C(C)(C)C)C2)c1ccncc1. The Morgan fingerprint density at radius 3 is 2.71 bits per heavy atom. The zero-order valence-corrected chi connectivity index (χ0v) is 15.7. The molecule has 1 aliphatic rings. The number of amides is 1. The average Bonchev–Trinajstić information content (AvgIpc) is 2.98. The highest BCUT2D eigenvalue weighted by molar-refractivity contribution is 7.14. The summed E-state index contributed by atoms with van der Waals surface area (Å²) in [7, 11) is 0. The molecule has 2 aromatic heterocycles.